The second-order valence-corrected chi connectivity index (χ2v) is 10.8. The molecule has 0 spiro atoms. The molecule has 0 saturated carbocycles. The lowest BCUT2D eigenvalue weighted by Crippen LogP contribution is -2.27. The molecule has 0 aliphatic carbocycles. The van der Waals surface area contributed by atoms with E-state index < -0.39 is 8.32 Å². The van der Waals surface area contributed by atoms with Crippen LogP contribution in [0.2, 0.25) is 19.6 Å². The Kier molecular flexibility index (Phi) is 11.3. The van der Waals surface area contributed by atoms with Crippen molar-refractivity contribution in [1.82, 2.24) is 0 Å². The summed E-state index contributed by atoms with van der Waals surface area (Å²) in [5.41, 5.74) is 0.633. The third kappa shape index (κ3) is 12.7. The molecule has 6 nitrogen and oxygen atoms in total. The van der Waals surface area contributed by atoms with Gasteiger partial charge in [0.25, 0.3) is 0 Å². The van der Waals surface area contributed by atoms with E-state index in [0.717, 1.165) is 12.0 Å². The highest BCUT2D eigenvalue weighted by Crippen LogP contribution is 2.10. The molecule has 0 aliphatic heterocycles. The molecule has 0 saturated heterocycles. The molecule has 0 bridgehead atoms. The predicted molar refractivity (Wildman–Crippen MR) is 99.1 cm³/mol. The Hall–Kier alpha value is -1.25. The first-order valence-corrected chi connectivity index (χ1v) is 12.0. The smallest absolute Gasteiger partial charge is 0.183 e. The van der Waals surface area contributed by atoms with E-state index >= 15 is 0 Å². The van der Waals surface area contributed by atoms with Crippen molar-refractivity contribution in [3.05, 3.63) is 29.8 Å². The van der Waals surface area contributed by atoms with Gasteiger partial charge in [0.15, 0.2) is 8.32 Å². The number of aldehydes is 1. The second kappa shape index (κ2) is 13.0. The normalized spacial score (nSPS) is 11.5. The number of carbonyl (C=O) groups excluding carboxylic acids is 1. The van der Waals surface area contributed by atoms with Gasteiger partial charge in [0, 0.05) is 5.56 Å². The van der Waals surface area contributed by atoms with Crippen molar-refractivity contribution in [1.29, 1.82) is 0 Å². The predicted octanol–water partition coefficient (Wildman–Crippen LogP) is 2.78. The van der Waals surface area contributed by atoms with Crippen LogP contribution in [0.3, 0.4) is 0 Å². The number of hydrogen-bond acceptors (Lipinski definition) is 6. The summed E-state index contributed by atoms with van der Waals surface area (Å²) in [6.45, 7) is 10.8. The zero-order valence-corrected chi connectivity index (χ0v) is 16.5. The molecule has 0 aliphatic rings. The van der Waals surface area contributed by atoms with Crippen LogP contribution >= 0.6 is 0 Å². The number of carbonyl (C=O) groups is 1. The molecule has 1 aromatic rings. The average molecular weight is 371 g/mol. The van der Waals surface area contributed by atoms with Crippen LogP contribution in [-0.2, 0) is 18.6 Å². The Morgan fingerprint density at radius 2 is 1.24 bits per heavy atom. The molecule has 142 valence electrons. The van der Waals surface area contributed by atoms with Crippen LogP contribution in [0.1, 0.15) is 10.4 Å². The molecule has 25 heavy (non-hydrogen) atoms. The van der Waals surface area contributed by atoms with Gasteiger partial charge in [-0.05, 0) is 43.9 Å². The van der Waals surface area contributed by atoms with E-state index in [9.17, 15) is 4.79 Å². The van der Waals surface area contributed by atoms with E-state index in [1.54, 1.807) is 24.3 Å². The summed E-state index contributed by atoms with van der Waals surface area (Å²) in [5.74, 6) is 0.723. The van der Waals surface area contributed by atoms with Gasteiger partial charge >= 0.3 is 0 Å². The molecular formula is C18H30O6Si. The van der Waals surface area contributed by atoms with Gasteiger partial charge in [-0.15, -0.1) is 0 Å². The fourth-order valence-electron chi connectivity index (χ4n) is 1.81. The lowest BCUT2D eigenvalue weighted by atomic mass is 10.2. The van der Waals surface area contributed by atoms with Crippen LogP contribution in [0.25, 0.3) is 0 Å². The highest BCUT2D eigenvalue weighted by atomic mass is 28.4. The van der Waals surface area contributed by atoms with Gasteiger partial charge in [-0.2, -0.15) is 0 Å². The molecule has 0 radical (unpaired) electrons. The minimum absolute atomic E-state index is 0.459. The first kappa shape index (κ1) is 21.8. The zero-order valence-electron chi connectivity index (χ0n) is 15.5. The largest absolute Gasteiger partial charge is 0.491 e. The molecular weight excluding hydrogens is 340 g/mol. The Balaban J connectivity index is 1.83. The van der Waals surface area contributed by atoms with Crippen LogP contribution in [0.5, 0.6) is 5.75 Å². The number of rotatable bonds is 15. The van der Waals surface area contributed by atoms with Gasteiger partial charge in [-0.25, -0.2) is 0 Å². The SMILES string of the molecule is C[Si](C)(C)OCCOCCOCCOCCOc1ccc(C=O)cc1. The molecule has 0 heterocycles. The number of ether oxygens (including phenoxy) is 4. The Labute approximate surface area is 151 Å². The minimum Gasteiger partial charge on any atom is -0.491 e. The molecule has 0 fully saturated rings. The highest BCUT2D eigenvalue weighted by molar-refractivity contribution is 6.69. The lowest BCUT2D eigenvalue weighted by Gasteiger charge is -2.16. The molecule has 0 atom stereocenters. The van der Waals surface area contributed by atoms with Gasteiger partial charge in [0.05, 0.1) is 46.2 Å². The van der Waals surface area contributed by atoms with Crippen molar-refractivity contribution in [3.63, 3.8) is 0 Å². The van der Waals surface area contributed by atoms with Crippen molar-refractivity contribution >= 4 is 14.6 Å². The molecule has 0 amide bonds. The number of hydrogen-bond donors (Lipinski definition) is 0. The molecule has 1 aromatic carbocycles. The average Bonchev–Trinajstić information content (AvgIpc) is 2.58. The van der Waals surface area contributed by atoms with E-state index in [2.05, 4.69) is 19.6 Å². The maximum atomic E-state index is 10.5. The van der Waals surface area contributed by atoms with Crippen LogP contribution in [0.15, 0.2) is 24.3 Å². The molecule has 0 unspecified atom stereocenters. The molecule has 0 aromatic heterocycles. The van der Waals surface area contributed by atoms with Crippen molar-refractivity contribution < 1.29 is 28.2 Å². The summed E-state index contributed by atoms with van der Waals surface area (Å²) in [5, 5.41) is 0. The summed E-state index contributed by atoms with van der Waals surface area (Å²) in [6.07, 6.45) is 0.805. The quantitative estimate of drug-likeness (QED) is 0.269. The third-order valence-electron chi connectivity index (χ3n) is 3.02. The molecule has 7 heteroatoms. The summed E-state index contributed by atoms with van der Waals surface area (Å²) in [7, 11) is -1.43. The Bertz CT molecular complexity index is 458. The summed E-state index contributed by atoms with van der Waals surface area (Å²) >= 11 is 0. The maximum Gasteiger partial charge on any atom is 0.183 e. The fourth-order valence-corrected chi connectivity index (χ4v) is 2.51. The first-order chi connectivity index (χ1) is 12.0. The lowest BCUT2D eigenvalue weighted by molar-refractivity contribution is 0.00461. The van der Waals surface area contributed by atoms with Crippen molar-refractivity contribution in [2.24, 2.45) is 0 Å². The highest BCUT2D eigenvalue weighted by Gasteiger charge is 2.12. The van der Waals surface area contributed by atoms with Crippen LogP contribution in [0.4, 0.5) is 0 Å². The van der Waals surface area contributed by atoms with Crippen LogP contribution in [-0.4, -0.2) is 67.5 Å². The van der Waals surface area contributed by atoms with E-state index in [1.807, 2.05) is 0 Å². The van der Waals surface area contributed by atoms with Crippen molar-refractivity contribution in [2.75, 3.05) is 52.9 Å². The first-order valence-electron chi connectivity index (χ1n) is 8.56. The van der Waals surface area contributed by atoms with E-state index in [4.69, 9.17) is 23.4 Å². The van der Waals surface area contributed by atoms with Gasteiger partial charge in [-0.3, -0.25) is 4.79 Å². The van der Waals surface area contributed by atoms with Gasteiger partial charge in [0.2, 0.25) is 0 Å². The van der Waals surface area contributed by atoms with Crippen LogP contribution < -0.4 is 4.74 Å². The summed E-state index contributed by atoms with van der Waals surface area (Å²) < 4.78 is 27.4. The maximum absolute atomic E-state index is 10.5. The third-order valence-corrected chi connectivity index (χ3v) is 4.09. The van der Waals surface area contributed by atoms with E-state index in [1.165, 1.54) is 0 Å². The Morgan fingerprint density at radius 3 is 1.72 bits per heavy atom. The zero-order chi connectivity index (χ0) is 18.4. The monoisotopic (exact) mass is 370 g/mol. The van der Waals surface area contributed by atoms with Crippen molar-refractivity contribution in [3.8, 4) is 5.75 Å². The summed E-state index contributed by atoms with van der Waals surface area (Å²) in [4.78, 5) is 10.5. The second-order valence-electron chi connectivity index (χ2n) is 6.33. The van der Waals surface area contributed by atoms with Crippen molar-refractivity contribution in [2.45, 2.75) is 19.6 Å². The Morgan fingerprint density at radius 1 is 0.760 bits per heavy atom. The van der Waals surface area contributed by atoms with Gasteiger partial charge < -0.3 is 23.4 Å². The standard InChI is InChI=1S/C18H30O6Si/c1-25(2,3)24-15-13-22-11-9-20-8-10-21-12-14-23-18-6-4-17(16-19)5-7-18/h4-7,16H,8-15H2,1-3H3. The van der Waals surface area contributed by atoms with E-state index in [-0.39, 0.29) is 0 Å². The van der Waals surface area contributed by atoms with Gasteiger partial charge in [0.1, 0.15) is 18.6 Å². The van der Waals surface area contributed by atoms with Crippen LogP contribution in [0, 0.1) is 0 Å². The fraction of sp³-hybridized carbons (Fsp3) is 0.611. The van der Waals surface area contributed by atoms with Gasteiger partial charge in [-0.1, -0.05) is 0 Å². The topological polar surface area (TPSA) is 63.2 Å². The molecule has 1 rings (SSSR count). The summed E-state index contributed by atoms with van der Waals surface area (Å²) in [6, 6.07) is 6.97. The number of benzene rings is 1. The van der Waals surface area contributed by atoms with E-state index in [0.29, 0.717) is 58.4 Å². The minimum atomic E-state index is -1.43. The molecule has 0 N–H and O–H groups in total.